The third kappa shape index (κ3) is 4.32. The molecule has 1 aromatic rings. The summed E-state index contributed by atoms with van der Waals surface area (Å²) in [5, 5.41) is 0. The van der Waals surface area contributed by atoms with Crippen LogP contribution in [0.15, 0.2) is 18.2 Å². The molecule has 8 heteroatoms. The third-order valence-electron chi connectivity index (χ3n) is 5.18. The van der Waals surface area contributed by atoms with E-state index in [9.17, 15) is 19.2 Å². The van der Waals surface area contributed by atoms with Crippen molar-refractivity contribution < 1.29 is 38.1 Å². The van der Waals surface area contributed by atoms with Crippen LogP contribution in [0.25, 0.3) is 0 Å². The maximum Gasteiger partial charge on any atom is 0.338 e. The van der Waals surface area contributed by atoms with Crippen molar-refractivity contribution in [1.82, 2.24) is 0 Å². The van der Waals surface area contributed by atoms with E-state index in [0.717, 1.165) is 5.56 Å². The Morgan fingerprint density at radius 3 is 1.89 bits per heavy atom. The monoisotopic (exact) mass is 392 g/mol. The number of hydrogen-bond donors (Lipinski definition) is 0. The first-order chi connectivity index (χ1) is 13.4. The molecule has 0 radical (unpaired) electrons. The summed E-state index contributed by atoms with van der Waals surface area (Å²) < 4.78 is 19.2. The Bertz CT molecular complexity index is 769. The predicted octanol–water partition coefficient (Wildman–Crippen LogP) is 2.11. The second kappa shape index (κ2) is 9.34. The van der Waals surface area contributed by atoms with E-state index in [1.54, 1.807) is 12.1 Å². The van der Waals surface area contributed by atoms with Gasteiger partial charge in [0.25, 0.3) is 0 Å². The Balaban J connectivity index is 2.36. The first kappa shape index (κ1) is 21.4. The molecule has 1 saturated carbocycles. The summed E-state index contributed by atoms with van der Waals surface area (Å²) in [5.41, 5.74) is 0.965. The second-order valence-electron chi connectivity index (χ2n) is 6.56. The van der Waals surface area contributed by atoms with Gasteiger partial charge < -0.3 is 18.9 Å². The lowest BCUT2D eigenvalue weighted by atomic mass is 9.71. The van der Waals surface area contributed by atoms with E-state index >= 15 is 0 Å². The Kier molecular flexibility index (Phi) is 7.14. The standard InChI is InChI=1S/C20H24O8/c1-25-17(21)13-7-5-11(9-15(13)19(23)27-3)12-6-8-14(18(22)26-2)16(10-12)20(24)28-4/h5,7,9,12,14,16H,6,8,10H2,1-4H3. The lowest BCUT2D eigenvalue weighted by Gasteiger charge is -2.33. The fourth-order valence-electron chi connectivity index (χ4n) is 3.70. The average molecular weight is 392 g/mol. The Labute approximate surface area is 163 Å². The SMILES string of the molecule is COC(=O)c1ccc(C2CCC(C(=O)OC)C(C(=O)OC)C2)cc1C(=O)OC. The van der Waals surface area contributed by atoms with Gasteiger partial charge in [-0.05, 0) is 42.9 Å². The minimum Gasteiger partial charge on any atom is -0.469 e. The number of hydrogen-bond acceptors (Lipinski definition) is 8. The molecule has 8 nitrogen and oxygen atoms in total. The second-order valence-corrected chi connectivity index (χ2v) is 6.56. The zero-order chi connectivity index (χ0) is 20.8. The van der Waals surface area contributed by atoms with Gasteiger partial charge in [0.15, 0.2) is 0 Å². The molecule has 0 aromatic heterocycles. The molecule has 2 rings (SSSR count). The Morgan fingerprint density at radius 2 is 1.32 bits per heavy atom. The molecule has 0 saturated heterocycles. The fourth-order valence-corrected chi connectivity index (χ4v) is 3.70. The van der Waals surface area contributed by atoms with Gasteiger partial charge in [0, 0.05) is 0 Å². The molecule has 0 aliphatic heterocycles. The van der Waals surface area contributed by atoms with Gasteiger partial charge in [0.2, 0.25) is 0 Å². The first-order valence-corrected chi connectivity index (χ1v) is 8.84. The van der Waals surface area contributed by atoms with Crippen molar-refractivity contribution in [3.05, 3.63) is 34.9 Å². The van der Waals surface area contributed by atoms with E-state index in [1.807, 2.05) is 0 Å². The zero-order valence-electron chi connectivity index (χ0n) is 16.4. The van der Waals surface area contributed by atoms with Crippen LogP contribution in [0.2, 0.25) is 0 Å². The molecule has 1 aliphatic carbocycles. The summed E-state index contributed by atoms with van der Waals surface area (Å²) in [6.45, 7) is 0. The van der Waals surface area contributed by atoms with Gasteiger partial charge in [0.05, 0.1) is 51.4 Å². The van der Waals surface area contributed by atoms with Crippen LogP contribution in [0.5, 0.6) is 0 Å². The summed E-state index contributed by atoms with van der Waals surface area (Å²) in [4.78, 5) is 48.3. The highest BCUT2D eigenvalue weighted by Gasteiger charge is 2.41. The third-order valence-corrected chi connectivity index (χ3v) is 5.18. The minimum absolute atomic E-state index is 0.0940. The van der Waals surface area contributed by atoms with E-state index in [4.69, 9.17) is 18.9 Å². The number of benzene rings is 1. The van der Waals surface area contributed by atoms with Crippen molar-refractivity contribution in [3.8, 4) is 0 Å². The molecule has 0 bridgehead atoms. The highest BCUT2D eigenvalue weighted by molar-refractivity contribution is 6.03. The van der Waals surface area contributed by atoms with E-state index < -0.39 is 35.7 Å². The number of methoxy groups -OCH3 is 4. The molecular weight excluding hydrogens is 368 g/mol. The van der Waals surface area contributed by atoms with E-state index in [0.29, 0.717) is 19.3 Å². The molecule has 0 N–H and O–H groups in total. The van der Waals surface area contributed by atoms with E-state index in [1.165, 1.54) is 34.5 Å². The highest BCUT2D eigenvalue weighted by atomic mass is 16.5. The fraction of sp³-hybridized carbons (Fsp3) is 0.500. The maximum atomic E-state index is 12.2. The van der Waals surface area contributed by atoms with Gasteiger partial charge in [-0.15, -0.1) is 0 Å². The topological polar surface area (TPSA) is 105 Å². The number of rotatable bonds is 5. The van der Waals surface area contributed by atoms with Crippen LogP contribution >= 0.6 is 0 Å². The van der Waals surface area contributed by atoms with Crippen LogP contribution in [0, 0.1) is 11.8 Å². The summed E-state index contributed by atoms with van der Waals surface area (Å²) in [6, 6.07) is 4.80. The van der Waals surface area contributed by atoms with Gasteiger partial charge in [-0.1, -0.05) is 6.07 Å². The molecule has 0 spiro atoms. The number of esters is 4. The van der Waals surface area contributed by atoms with Crippen LogP contribution in [0.1, 0.15) is 51.5 Å². The zero-order valence-corrected chi connectivity index (χ0v) is 16.4. The summed E-state index contributed by atoms with van der Waals surface area (Å²) in [6.07, 6.45) is 1.43. The van der Waals surface area contributed by atoms with Crippen molar-refractivity contribution in [3.63, 3.8) is 0 Å². The Morgan fingerprint density at radius 1 is 0.750 bits per heavy atom. The van der Waals surface area contributed by atoms with E-state index in [2.05, 4.69) is 0 Å². The minimum atomic E-state index is -0.657. The van der Waals surface area contributed by atoms with Gasteiger partial charge >= 0.3 is 23.9 Å². The van der Waals surface area contributed by atoms with Crippen molar-refractivity contribution in [2.45, 2.75) is 25.2 Å². The van der Waals surface area contributed by atoms with Crippen molar-refractivity contribution >= 4 is 23.9 Å². The van der Waals surface area contributed by atoms with Crippen LogP contribution < -0.4 is 0 Å². The summed E-state index contributed by atoms with van der Waals surface area (Å²) in [7, 11) is 5.02. The Hall–Kier alpha value is -2.90. The molecule has 28 heavy (non-hydrogen) atoms. The molecule has 152 valence electrons. The number of carbonyl (C=O) groups is 4. The smallest absolute Gasteiger partial charge is 0.338 e. The average Bonchev–Trinajstić information content (AvgIpc) is 2.75. The summed E-state index contributed by atoms with van der Waals surface area (Å²) in [5.74, 6) is -3.52. The lowest BCUT2D eigenvalue weighted by Crippen LogP contribution is -2.36. The number of ether oxygens (including phenoxy) is 4. The van der Waals surface area contributed by atoms with Gasteiger partial charge in [-0.3, -0.25) is 9.59 Å². The lowest BCUT2D eigenvalue weighted by molar-refractivity contribution is -0.159. The van der Waals surface area contributed by atoms with Gasteiger partial charge in [-0.25, -0.2) is 9.59 Å². The van der Waals surface area contributed by atoms with Crippen LogP contribution in [0.3, 0.4) is 0 Å². The molecule has 3 unspecified atom stereocenters. The largest absolute Gasteiger partial charge is 0.469 e. The first-order valence-electron chi connectivity index (χ1n) is 8.84. The van der Waals surface area contributed by atoms with Crippen molar-refractivity contribution in [2.75, 3.05) is 28.4 Å². The quantitative estimate of drug-likeness (QED) is 0.554. The van der Waals surface area contributed by atoms with Crippen molar-refractivity contribution in [1.29, 1.82) is 0 Å². The molecule has 0 amide bonds. The van der Waals surface area contributed by atoms with Crippen LogP contribution in [-0.2, 0) is 28.5 Å². The molecule has 3 atom stereocenters. The van der Waals surface area contributed by atoms with Crippen LogP contribution in [-0.4, -0.2) is 52.3 Å². The van der Waals surface area contributed by atoms with E-state index in [-0.39, 0.29) is 17.0 Å². The van der Waals surface area contributed by atoms with Gasteiger partial charge in [0.1, 0.15) is 0 Å². The van der Waals surface area contributed by atoms with Gasteiger partial charge in [-0.2, -0.15) is 0 Å². The molecule has 0 heterocycles. The molecule has 1 aliphatic rings. The molecular formula is C20H24O8. The normalized spacial score (nSPS) is 21.4. The highest BCUT2D eigenvalue weighted by Crippen LogP contribution is 2.41. The maximum absolute atomic E-state index is 12.2. The van der Waals surface area contributed by atoms with Crippen LogP contribution in [0.4, 0.5) is 0 Å². The van der Waals surface area contributed by atoms with Crippen molar-refractivity contribution in [2.24, 2.45) is 11.8 Å². The molecule has 1 aromatic carbocycles. The molecule has 1 fully saturated rings. The number of carbonyl (C=O) groups excluding carboxylic acids is 4. The summed E-state index contributed by atoms with van der Waals surface area (Å²) >= 11 is 0. The predicted molar refractivity (Wildman–Crippen MR) is 96.7 cm³/mol.